The van der Waals surface area contributed by atoms with Crippen LogP contribution in [0.25, 0.3) is 5.65 Å². The van der Waals surface area contributed by atoms with E-state index in [1.807, 2.05) is 35.0 Å². The lowest BCUT2D eigenvalue weighted by Gasteiger charge is -2.29. The highest BCUT2D eigenvalue weighted by Crippen LogP contribution is 2.31. The summed E-state index contributed by atoms with van der Waals surface area (Å²) >= 11 is 0. The number of fused-ring (bicyclic) bond motifs is 1. The number of nitrogens with zero attached hydrogens (tertiary/aromatic N) is 3. The first kappa shape index (κ1) is 14.3. The molecule has 21 heavy (non-hydrogen) atoms. The maximum Gasteiger partial charge on any atom is 0.415 e. The van der Waals surface area contributed by atoms with E-state index in [2.05, 4.69) is 4.98 Å². The van der Waals surface area contributed by atoms with Gasteiger partial charge in [0.2, 0.25) is 0 Å². The van der Waals surface area contributed by atoms with E-state index < -0.39 is 18.3 Å². The molecule has 0 saturated carbocycles. The Balaban J connectivity index is 1.77. The largest absolute Gasteiger partial charge is 0.415 e. The highest BCUT2D eigenvalue weighted by molar-refractivity contribution is 5.39. The summed E-state index contributed by atoms with van der Waals surface area (Å²) in [6, 6.07) is 4.69. The Labute approximate surface area is 119 Å². The summed E-state index contributed by atoms with van der Waals surface area (Å²) < 4.78 is 39.9. The highest BCUT2D eigenvalue weighted by atomic mass is 19.4. The fourth-order valence-electron chi connectivity index (χ4n) is 2.90. The third-order valence-electron chi connectivity index (χ3n) is 3.89. The lowest BCUT2D eigenvalue weighted by molar-refractivity contribution is -0.219. The summed E-state index contributed by atoms with van der Waals surface area (Å²) in [6.45, 7) is 0.866. The number of alkyl halides is 3. The Morgan fingerprint density at radius 2 is 2.19 bits per heavy atom. The lowest BCUT2D eigenvalue weighted by Crippen LogP contribution is -2.46. The zero-order valence-corrected chi connectivity index (χ0v) is 11.3. The number of aliphatic hydroxyl groups excluding tert-OH is 1. The summed E-state index contributed by atoms with van der Waals surface area (Å²) in [5, 5.41) is 9.48. The van der Waals surface area contributed by atoms with Crippen LogP contribution in [0.3, 0.4) is 0 Å². The zero-order chi connectivity index (χ0) is 15.0. The number of imidazole rings is 1. The molecule has 0 unspecified atom stereocenters. The van der Waals surface area contributed by atoms with E-state index in [1.54, 1.807) is 4.90 Å². The Hall–Kier alpha value is -1.60. The average Bonchev–Trinajstić information content (AvgIpc) is 3.02. The van der Waals surface area contributed by atoms with Gasteiger partial charge in [-0.3, -0.25) is 4.90 Å². The SMILES string of the molecule is O[C@H]([C@@H]1CCCN1Cc1cn2ccccc2n1)C(F)(F)F. The number of hydrogen-bond donors (Lipinski definition) is 1. The van der Waals surface area contributed by atoms with Gasteiger partial charge in [-0.15, -0.1) is 0 Å². The molecule has 114 valence electrons. The first-order valence-electron chi connectivity index (χ1n) is 6.86. The quantitative estimate of drug-likeness (QED) is 0.945. The molecule has 1 N–H and O–H groups in total. The van der Waals surface area contributed by atoms with E-state index in [0.29, 0.717) is 31.6 Å². The van der Waals surface area contributed by atoms with Gasteiger partial charge in [0.15, 0.2) is 6.10 Å². The molecule has 1 aliphatic rings. The smallest absolute Gasteiger partial charge is 0.382 e. The Bertz CT molecular complexity index is 592. The van der Waals surface area contributed by atoms with E-state index in [-0.39, 0.29) is 0 Å². The maximum atomic E-state index is 12.7. The predicted molar refractivity (Wildman–Crippen MR) is 70.7 cm³/mol. The maximum absolute atomic E-state index is 12.7. The second kappa shape index (κ2) is 5.31. The molecule has 0 bridgehead atoms. The summed E-state index contributed by atoms with van der Waals surface area (Å²) in [6.07, 6.45) is -2.20. The Morgan fingerprint density at radius 1 is 1.38 bits per heavy atom. The molecule has 0 spiro atoms. The molecule has 2 aromatic heterocycles. The van der Waals surface area contributed by atoms with Crippen LogP contribution in [0.15, 0.2) is 30.6 Å². The molecule has 2 aromatic rings. The molecule has 1 aliphatic heterocycles. The first-order valence-corrected chi connectivity index (χ1v) is 6.86. The monoisotopic (exact) mass is 299 g/mol. The Kier molecular flexibility index (Phi) is 3.62. The van der Waals surface area contributed by atoms with Crippen LogP contribution >= 0.6 is 0 Å². The zero-order valence-electron chi connectivity index (χ0n) is 11.3. The fourth-order valence-corrected chi connectivity index (χ4v) is 2.90. The van der Waals surface area contributed by atoms with Crippen molar-refractivity contribution in [2.24, 2.45) is 0 Å². The van der Waals surface area contributed by atoms with Crippen LogP contribution in [-0.4, -0.2) is 44.3 Å². The second-order valence-corrected chi connectivity index (χ2v) is 5.36. The van der Waals surface area contributed by atoms with Gasteiger partial charge in [-0.25, -0.2) is 4.98 Å². The standard InChI is InChI=1S/C14H16F3N3O/c15-14(16,17)13(21)11-4-3-7-19(11)8-10-9-20-6-2-1-5-12(20)18-10/h1-2,5-6,9,11,13,21H,3-4,7-8H2/t11-,13+/m0/s1. The van der Waals surface area contributed by atoms with E-state index in [0.717, 1.165) is 5.65 Å². The molecule has 7 heteroatoms. The first-order chi connectivity index (χ1) is 9.95. The predicted octanol–water partition coefficient (Wildman–Crippen LogP) is 2.22. The minimum absolute atomic E-state index is 0.319. The van der Waals surface area contributed by atoms with Crippen molar-refractivity contribution < 1.29 is 18.3 Å². The molecule has 4 nitrogen and oxygen atoms in total. The molecule has 2 atom stereocenters. The van der Waals surface area contributed by atoms with Gasteiger partial charge in [-0.2, -0.15) is 13.2 Å². The minimum Gasteiger partial charge on any atom is -0.382 e. The number of aromatic nitrogens is 2. The van der Waals surface area contributed by atoms with E-state index in [9.17, 15) is 18.3 Å². The van der Waals surface area contributed by atoms with Gasteiger partial charge in [0.25, 0.3) is 0 Å². The number of aliphatic hydroxyl groups is 1. The minimum atomic E-state index is -4.58. The molecule has 0 radical (unpaired) electrons. The number of hydrogen-bond acceptors (Lipinski definition) is 3. The average molecular weight is 299 g/mol. The van der Waals surface area contributed by atoms with Crippen molar-refractivity contribution >= 4 is 5.65 Å². The van der Waals surface area contributed by atoms with E-state index in [1.165, 1.54) is 0 Å². The molecule has 0 aliphatic carbocycles. The van der Waals surface area contributed by atoms with Crippen LogP contribution in [0.2, 0.25) is 0 Å². The number of pyridine rings is 1. The van der Waals surface area contributed by atoms with Crippen molar-refractivity contribution in [3.8, 4) is 0 Å². The van der Waals surface area contributed by atoms with Crippen molar-refractivity contribution in [3.63, 3.8) is 0 Å². The normalized spacial score (nSPS) is 22.0. The van der Waals surface area contributed by atoms with E-state index in [4.69, 9.17) is 0 Å². The van der Waals surface area contributed by atoms with Crippen LogP contribution in [0, 0.1) is 0 Å². The van der Waals surface area contributed by atoms with Gasteiger partial charge in [0, 0.05) is 25.0 Å². The van der Waals surface area contributed by atoms with Gasteiger partial charge in [0.1, 0.15) is 5.65 Å². The molecular weight excluding hydrogens is 283 g/mol. The fraction of sp³-hybridized carbons (Fsp3) is 0.500. The third kappa shape index (κ3) is 2.89. The molecule has 1 fully saturated rings. The summed E-state index contributed by atoms with van der Waals surface area (Å²) in [5.74, 6) is 0. The number of halogens is 3. The summed E-state index contributed by atoms with van der Waals surface area (Å²) in [5.41, 5.74) is 1.47. The van der Waals surface area contributed by atoms with Crippen molar-refractivity contribution in [1.82, 2.24) is 14.3 Å². The van der Waals surface area contributed by atoms with Crippen molar-refractivity contribution in [1.29, 1.82) is 0 Å². The van der Waals surface area contributed by atoms with Crippen LogP contribution in [0.4, 0.5) is 13.2 Å². The van der Waals surface area contributed by atoms with Crippen LogP contribution < -0.4 is 0 Å². The summed E-state index contributed by atoms with van der Waals surface area (Å²) in [4.78, 5) is 6.06. The Morgan fingerprint density at radius 3 is 2.90 bits per heavy atom. The molecule has 0 amide bonds. The molecule has 3 heterocycles. The van der Waals surface area contributed by atoms with Gasteiger partial charge >= 0.3 is 6.18 Å². The molecule has 3 rings (SSSR count). The van der Waals surface area contributed by atoms with Crippen molar-refractivity contribution in [2.75, 3.05) is 6.54 Å². The van der Waals surface area contributed by atoms with Gasteiger partial charge in [0.05, 0.1) is 5.69 Å². The third-order valence-corrected chi connectivity index (χ3v) is 3.89. The topological polar surface area (TPSA) is 40.8 Å². The van der Waals surface area contributed by atoms with Crippen LogP contribution in [0.5, 0.6) is 0 Å². The van der Waals surface area contributed by atoms with Gasteiger partial charge < -0.3 is 9.51 Å². The molecule has 1 saturated heterocycles. The highest BCUT2D eigenvalue weighted by Gasteiger charge is 2.46. The van der Waals surface area contributed by atoms with Gasteiger partial charge in [-0.1, -0.05) is 6.07 Å². The lowest BCUT2D eigenvalue weighted by atomic mass is 10.1. The van der Waals surface area contributed by atoms with Crippen LogP contribution in [-0.2, 0) is 6.54 Å². The number of rotatable bonds is 3. The second-order valence-electron chi connectivity index (χ2n) is 5.36. The summed E-state index contributed by atoms with van der Waals surface area (Å²) in [7, 11) is 0. The van der Waals surface area contributed by atoms with Gasteiger partial charge in [-0.05, 0) is 31.5 Å². The van der Waals surface area contributed by atoms with E-state index >= 15 is 0 Å². The van der Waals surface area contributed by atoms with Crippen molar-refractivity contribution in [2.45, 2.75) is 37.7 Å². The number of likely N-dealkylation sites (tertiary alicyclic amines) is 1. The van der Waals surface area contributed by atoms with Crippen LogP contribution in [0.1, 0.15) is 18.5 Å². The van der Waals surface area contributed by atoms with Crippen molar-refractivity contribution in [3.05, 3.63) is 36.3 Å². The molecular formula is C14H16F3N3O. The molecule has 0 aromatic carbocycles.